The summed E-state index contributed by atoms with van der Waals surface area (Å²) in [5.74, 6) is -2.04. The Kier molecular flexibility index (Phi) is 2.81. The number of primary sulfonamides is 1. The van der Waals surface area contributed by atoms with Crippen LogP contribution in [0.15, 0.2) is 4.99 Å². The fourth-order valence-corrected chi connectivity index (χ4v) is 1.07. The molecule has 1 heterocycles. The van der Waals surface area contributed by atoms with Gasteiger partial charge in [0.25, 0.3) is 0 Å². The maximum atomic E-state index is 10.6. The van der Waals surface area contributed by atoms with Gasteiger partial charge in [0.15, 0.2) is 0 Å². The van der Waals surface area contributed by atoms with Gasteiger partial charge in [-0.05, 0) is 0 Å². The van der Waals surface area contributed by atoms with Crippen LogP contribution in [0.1, 0.15) is 0 Å². The van der Waals surface area contributed by atoms with Gasteiger partial charge in [0, 0.05) is 0 Å². The minimum Gasteiger partial charge on any atom is -0.288 e. The molecule has 1 aliphatic rings. The molecular formula is C5H8N4O4S. The van der Waals surface area contributed by atoms with E-state index in [-0.39, 0.29) is 18.3 Å². The van der Waals surface area contributed by atoms with Crippen LogP contribution in [0, 0.1) is 0 Å². The molecule has 2 amide bonds. The van der Waals surface area contributed by atoms with Gasteiger partial charge in [-0.25, -0.2) is 13.6 Å². The summed E-state index contributed by atoms with van der Waals surface area (Å²) < 4.78 is 20.9. The third kappa shape index (κ3) is 3.11. The zero-order valence-corrected chi connectivity index (χ0v) is 7.80. The summed E-state index contributed by atoms with van der Waals surface area (Å²) >= 11 is 0. The van der Waals surface area contributed by atoms with Crippen molar-refractivity contribution in [2.75, 3.05) is 12.3 Å². The molecule has 0 aromatic rings. The van der Waals surface area contributed by atoms with Gasteiger partial charge in [0.1, 0.15) is 0 Å². The van der Waals surface area contributed by atoms with E-state index >= 15 is 0 Å². The van der Waals surface area contributed by atoms with Crippen LogP contribution in [-0.2, 0) is 19.6 Å². The number of carbonyl (C=O) groups is 2. The number of sulfonamides is 1. The number of hydrogen-bond acceptors (Lipinski definition) is 5. The third-order valence-corrected chi connectivity index (χ3v) is 2.07. The van der Waals surface area contributed by atoms with Crippen molar-refractivity contribution in [2.45, 2.75) is 0 Å². The zero-order chi connectivity index (χ0) is 10.8. The number of rotatable bonds is 3. The average Bonchev–Trinajstić information content (AvgIpc) is 2.28. The molecule has 0 unspecified atom stereocenters. The lowest BCUT2D eigenvalue weighted by atomic mass is 10.6. The molecule has 0 bridgehead atoms. The maximum absolute atomic E-state index is 10.6. The summed E-state index contributed by atoms with van der Waals surface area (Å²) in [6, 6.07) is 0. The first-order valence-electron chi connectivity index (χ1n) is 3.56. The molecule has 1 aliphatic heterocycles. The summed E-state index contributed by atoms with van der Waals surface area (Å²) in [6.45, 7) is -0.116. The van der Waals surface area contributed by atoms with Crippen molar-refractivity contribution in [1.29, 1.82) is 0 Å². The molecule has 9 heteroatoms. The molecule has 78 valence electrons. The van der Waals surface area contributed by atoms with Gasteiger partial charge in [-0.3, -0.25) is 25.2 Å². The fourth-order valence-electron chi connectivity index (χ4n) is 0.724. The highest BCUT2D eigenvalue weighted by Crippen LogP contribution is 1.84. The number of nitrogens with two attached hydrogens (primary N) is 1. The first kappa shape index (κ1) is 10.6. The minimum absolute atomic E-state index is 0.0522. The van der Waals surface area contributed by atoms with Crippen LogP contribution in [0.2, 0.25) is 0 Å². The predicted octanol–water partition coefficient (Wildman–Crippen LogP) is -3.12. The lowest BCUT2D eigenvalue weighted by Gasteiger charge is -1.95. The number of guanidine groups is 1. The van der Waals surface area contributed by atoms with E-state index in [4.69, 9.17) is 5.14 Å². The Morgan fingerprint density at radius 2 is 1.71 bits per heavy atom. The Morgan fingerprint density at radius 1 is 1.21 bits per heavy atom. The number of hydrogen-bond donors (Lipinski definition) is 3. The molecule has 1 saturated heterocycles. The van der Waals surface area contributed by atoms with Crippen LogP contribution in [-0.4, -0.2) is 38.5 Å². The molecule has 0 aromatic heterocycles. The van der Waals surface area contributed by atoms with E-state index in [9.17, 15) is 18.0 Å². The van der Waals surface area contributed by atoms with Crippen molar-refractivity contribution in [3.05, 3.63) is 0 Å². The number of aliphatic imine (C=N–C) groups is 1. The third-order valence-electron chi connectivity index (χ3n) is 1.32. The van der Waals surface area contributed by atoms with Gasteiger partial charge in [0.05, 0.1) is 12.3 Å². The van der Waals surface area contributed by atoms with Crippen LogP contribution < -0.4 is 15.8 Å². The first-order chi connectivity index (χ1) is 6.38. The fraction of sp³-hybridized carbons (Fsp3) is 0.400. The van der Waals surface area contributed by atoms with E-state index in [1.54, 1.807) is 0 Å². The van der Waals surface area contributed by atoms with Gasteiger partial charge in [-0.1, -0.05) is 0 Å². The summed E-state index contributed by atoms with van der Waals surface area (Å²) in [5.41, 5.74) is 0. The highest BCUT2D eigenvalue weighted by atomic mass is 32.2. The van der Waals surface area contributed by atoms with E-state index in [1.165, 1.54) is 0 Å². The van der Waals surface area contributed by atoms with E-state index in [0.717, 1.165) is 0 Å². The second-order valence-electron chi connectivity index (χ2n) is 2.51. The predicted molar refractivity (Wildman–Crippen MR) is 46.6 cm³/mol. The lowest BCUT2D eigenvalue weighted by Crippen LogP contribution is -2.27. The van der Waals surface area contributed by atoms with Gasteiger partial charge in [-0.2, -0.15) is 0 Å². The van der Waals surface area contributed by atoms with Crippen LogP contribution in [0.4, 0.5) is 0 Å². The minimum atomic E-state index is -3.58. The highest BCUT2D eigenvalue weighted by Gasteiger charge is 2.24. The van der Waals surface area contributed by atoms with E-state index in [0.29, 0.717) is 0 Å². The second kappa shape index (κ2) is 3.72. The molecule has 8 nitrogen and oxygen atoms in total. The van der Waals surface area contributed by atoms with Gasteiger partial charge < -0.3 is 0 Å². The smallest absolute Gasteiger partial charge is 0.288 e. The van der Waals surface area contributed by atoms with Gasteiger partial charge in [0.2, 0.25) is 16.0 Å². The van der Waals surface area contributed by atoms with E-state index in [2.05, 4.69) is 15.6 Å². The van der Waals surface area contributed by atoms with Crippen molar-refractivity contribution in [1.82, 2.24) is 10.6 Å². The summed E-state index contributed by atoms with van der Waals surface area (Å²) in [5, 5.41) is 8.91. The number of amides is 2. The Balaban J connectivity index is 2.48. The largest absolute Gasteiger partial charge is 0.316 e. The van der Waals surface area contributed by atoms with Crippen LogP contribution >= 0.6 is 0 Å². The molecule has 1 fully saturated rings. The maximum Gasteiger partial charge on any atom is 0.316 e. The normalized spacial score (nSPS) is 16.5. The van der Waals surface area contributed by atoms with Crippen LogP contribution in [0.3, 0.4) is 0 Å². The molecule has 0 radical (unpaired) electrons. The Hall–Kier alpha value is -1.48. The summed E-state index contributed by atoms with van der Waals surface area (Å²) in [4.78, 5) is 24.8. The second-order valence-corrected chi connectivity index (χ2v) is 4.24. The highest BCUT2D eigenvalue weighted by molar-refractivity contribution is 7.89. The Morgan fingerprint density at radius 3 is 2.14 bits per heavy atom. The molecule has 0 saturated carbocycles. The van der Waals surface area contributed by atoms with E-state index in [1.807, 2.05) is 0 Å². The SMILES string of the molecule is NS(=O)(=O)CCN=C1NC(=O)C(=O)N1. The van der Waals surface area contributed by atoms with Gasteiger partial charge >= 0.3 is 11.8 Å². The Bertz CT molecular complexity index is 380. The zero-order valence-electron chi connectivity index (χ0n) is 6.98. The van der Waals surface area contributed by atoms with Crippen molar-refractivity contribution < 1.29 is 18.0 Å². The van der Waals surface area contributed by atoms with Crippen LogP contribution in [0.5, 0.6) is 0 Å². The molecule has 14 heavy (non-hydrogen) atoms. The van der Waals surface area contributed by atoms with Crippen LogP contribution in [0.25, 0.3) is 0 Å². The average molecular weight is 220 g/mol. The number of nitrogens with one attached hydrogen (secondary N) is 2. The lowest BCUT2D eigenvalue weighted by molar-refractivity contribution is -0.135. The topological polar surface area (TPSA) is 131 Å². The molecular weight excluding hydrogens is 212 g/mol. The standard InChI is InChI=1S/C5H8N4O4S/c6-14(12,13)2-1-7-5-8-3(10)4(11)9-5/h1-2H2,(H2,6,12,13)(H2,7,8,9,10,11). The quantitative estimate of drug-likeness (QED) is 0.434. The first-order valence-corrected chi connectivity index (χ1v) is 5.27. The molecule has 0 aromatic carbocycles. The van der Waals surface area contributed by atoms with Crippen molar-refractivity contribution in [3.63, 3.8) is 0 Å². The Labute approximate surface area is 79.6 Å². The summed E-state index contributed by atoms with van der Waals surface area (Å²) in [7, 11) is -3.58. The molecule has 0 atom stereocenters. The van der Waals surface area contributed by atoms with Crippen molar-refractivity contribution in [3.8, 4) is 0 Å². The monoisotopic (exact) mass is 220 g/mol. The van der Waals surface area contributed by atoms with Crippen molar-refractivity contribution in [2.24, 2.45) is 10.1 Å². The number of carbonyl (C=O) groups excluding carboxylic acids is 2. The molecule has 1 rings (SSSR count). The molecule has 4 N–H and O–H groups in total. The van der Waals surface area contributed by atoms with Gasteiger partial charge in [-0.15, -0.1) is 0 Å². The molecule has 0 spiro atoms. The molecule has 0 aliphatic carbocycles. The van der Waals surface area contributed by atoms with Crippen molar-refractivity contribution >= 4 is 27.8 Å². The van der Waals surface area contributed by atoms with E-state index < -0.39 is 21.8 Å². The summed E-state index contributed by atoms with van der Waals surface area (Å²) in [6.07, 6.45) is 0. The number of nitrogens with zero attached hydrogens (tertiary/aromatic N) is 1.